The molecule has 3 aliphatic heterocycles. The minimum atomic E-state index is 0.699. The van der Waals surface area contributed by atoms with E-state index in [1.165, 1.54) is 18.7 Å². The van der Waals surface area contributed by atoms with Crippen LogP contribution < -0.4 is 4.90 Å². The van der Waals surface area contributed by atoms with E-state index in [1.54, 1.807) is 0 Å². The van der Waals surface area contributed by atoms with E-state index in [0.717, 1.165) is 70.4 Å². The number of anilines is 1. The molecule has 0 radical (unpaired) electrons. The number of piperazine rings is 1. The number of nitrogens with zero attached hydrogens (tertiary/aromatic N) is 7. The molecule has 0 aromatic carbocycles. The number of fused-ring (bicyclic) bond motifs is 1. The Morgan fingerprint density at radius 1 is 0.962 bits per heavy atom. The lowest BCUT2D eigenvalue weighted by Crippen LogP contribution is -2.62. The molecule has 0 atom stereocenters. The van der Waals surface area contributed by atoms with Crippen LogP contribution in [-0.2, 0) is 19.5 Å². The molecular formula is C19H27N7. The van der Waals surface area contributed by atoms with Crippen LogP contribution in [0.4, 0.5) is 5.82 Å². The Morgan fingerprint density at radius 3 is 2.65 bits per heavy atom. The van der Waals surface area contributed by atoms with Crippen LogP contribution in [0.5, 0.6) is 0 Å². The topological polar surface area (TPSA) is 53.3 Å². The largest absolute Gasteiger partial charge is 0.354 e. The molecule has 26 heavy (non-hydrogen) atoms. The summed E-state index contributed by atoms with van der Waals surface area (Å²) in [5.41, 5.74) is 0. The fourth-order valence-electron chi connectivity index (χ4n) is 4.45. The van der Waals surface area contributed by atoms with Crippen LogP contribution in [0.2, 0.25) is 0 Å². The normalized spacial score (nSPS) is 22.2. The average molecular weight is 353 g/mol. The Bertz CT molecular complexity index is 730. The molecule has 0 unspecified atom stereocenters. The third-order valence-corrected chi connectivity index (χ3v) is 6.04. The maximum atomic E-state index is 4.48. The highest BCUT2D eigenvalue weighted by Crippen LogP contribution is 2.22. The second kappa shape index (κ2) is 6.96. The molecule has 2 fully saturated rings. The minimum Gasteiger partial charge on any atom is -0.354 e. The van der Waals surface area contributed by atoms with Gasteiger partial charge < -0.3 is 9.47 Å². The van der Waals surface area contributed by atoms with Crippen LogP contribution in [-0.4, -0.2) is 74.9 Å². The maximum absolute atomic E-state index is 4.48. The summed E-state index contributed by atoms with van der Waals surface area (Å²) in [4.78, 5) is 12.0. The number of likely N-dealkylation sites (tertiary alicyclic amines) is 1. The molecule has 0 saturated carbocycles. The molecule has 7 nitrogen and oxygen atoms in total. The monoisotopic (exact) mass is 353 g/mol. The summed E-state index contributed by atoms with van der Waals surface area (Å²) in [6, 6.07) is 6.86. The molecule has 0 spiro atoms. The van der Waals surface area contributed by atoms with Crippen molar-refractivity contribution in [2.75, 3.05) is 44.2 Å². The van der Waals surface area contributed by atoms with Gasteiger partial charge in [-0.25, -0.2) is 4.98 Å². The minimum absolute atomic E-state index is 0.699. The van der Waals surface area contributed by atoms with E-state index in [1.807, 2.05) is 12.3 Å². The molecule has 2 aromatic rings. The lowest BCUT2D eigenvalue weighted by atomic mass is 10.1. The first kappa shape index (κ1) is 16.2. The number of pyridine rings is 1. The lowest BCUT2D eigenvalue weighted by molar-refractivity contribution is 0.0232. The molecule has 3 aliphatic rings. The van der Waals surface area contributed by atoms with Crippen molar-refractivity contribution in [3.63, 3.8) is 0 Å². The van der Waals surface area contributed by atoms with Gasteiger partial charge in [-0.3, -0.25) is 9.80 Å². The summed E-state index contributed by atoms with van der Waals surface area (Å²) >= 11 is 0. The van der Waals surface area contributed by atoms with Crippen LogP contribution in [0.3, 0.4) is 0 Å². The van der Waals surface area contributed by atoms with Gasteiger partial charge in [-0.15, -0.1) is 10.2 Å². The first-order valence-corrected chi connectivity index (χ1v) is 9.90. The molecular weight excluding hydrogens is 326 g/mol. The van der Waals surface area contributed by atoms with Gasteiger partial charge in [0, 0.05) is 64.5 Å². The summed E-state index contributed by atoms with van der Waals surface area (Å²) in [5.74, 6) is 3.46. The van der Waals surface area contributed by atoms with Gasteiger partial charge in [-0.2, -0.15) is 0 Å². The molecule has 2 saturated heterocycles. The molecule has 0 bridgehead atoms. The van der Waals surface area contributed by atoms with Crippen LogP contribution in [0.1, 0.15) is 24.5 Å². The van der Waals surface area contributed by atoms with Crippen LogP contribution in [0.15, 0.2) is 24.4 Å². The predicted molar refractivity (Wildman–Crippen MR) is 100 cm³/mol. The Morgan fingerprint density at radius 2 is 1.85 bits per heavy atom. The smallest absolute Gasteiger partial charge is 0.147 e. The Kier molecular flexibility index (Phi) is 4.34. The fraction of sp³-hybridized carbons (Fsp3) is 0.632. The Labute approximate surface area is 154 Å². The van der Waals surface area contributed by atoms with E-state index < -0.39 is 0 Å². The van der Waals surface area contributed by atoms with E-state index in [-0.39, 0.29) is 0 Å². The summed E-state index contributed by atoms with van der Waals surface area (Å²) < 4.78 is 2.35. The molecule has 7 heteroatoms. The molecule has 2 aromatic heterocycles. The quantitative estimate of drug-likeness (QED) is 0.818. The zero-order valence-electron chi connectivity index (χ0n) is 15.3. The van der Waals surface area contributed by atoms with Gasteiger partial charge in [0.25, 0.3) is 0 Å². The summed E-state index contributed by atoms with van der Waals surface area (Å²) in [6.07, 6.45) is 5.50. The molecule has 0 amide bonds. The maximum Gasteiger partial charge on any atom is 0.147 e. The van der Waals surface area contributed by atoms with Crippen molar-refractivity contribution in [1.29, 1.82) is 0 Å². The molecule has 138 valence electrons. The van der Waals surface area contributed by atoms with Gasteiger partial charge in [0.15, 0.2) is 0 Å². The van der Waals surface area contributed by atoms with Gasteiger partial charge in [-0.1, -0.05) is 6.07 Å². The van der Waals surface area contributed by atoms with Crippen molar-refractivity contribution >= 4 is 5.82 Å². The van der Waals surface area contributed by atoms with Gasteiger partial charge >= 0.3 is 0 Å². The van der Waals surface area contributed by atoms with Crippen molar-refractivity contribution in [1.82, 2.24) is 29.5 Å². The van der Waals surface area contributed by atoms with E-state index in [2.05, 4.69) is 46.6 Å². The second-order valence-corrected chi connectivity index (χ2v) is 7.70. The third kappa shape index (κ3) is 3.10. The van der Waals surface area contributed by atoms with Crippen molar-refractivity contribution in [2.45, 2.75) is 38.4 Å². The first-order valence-electron chi connectivity index (χ1n) is 9.90. The fourth-order valence-corrected chi connectivity index (χ4v) is 4.45. The average Bonchev–Trinajstić information content (AvgIpc) is 3.08. The predicted octanol–water partition coefficient (Wildman–Crippen LogP) is 1.02. The van der Waals surface area contributed by atoms with Crippen LogP contribution >= 0.6 is 0 Å². The van der Waals surface area contributed by atoms with Crippen LogP contribution in [0, 0.1) is 0 Å². The van der Waals surface area contributed by atoms with Crippen molar-refractivity contribution in [3.8, 4) is 0 Å². The number of hydrogen-bond acceptors (Lipinski definition) is 6. The number of aryl methyl sites for hydroxylation is 1. The lowest BCUT2D eigenvalue weighted by Gasteiger charge is -2.48. The van der Waals surface area contributed by atoms with E-state index >= 15 is 0 Å². The standard InChI is InChI=1S/C19H27N7/c1-3-7-20-17(5-1)25-11-9-24(10-12-25)16-13-23(14-16)15-19-22-21-18-6-2-4-8-26(18)19/h1,3,5,7,16H,2,4,6,8-15H2. The molecule has 5 rings (SSSR count). The molecule has 5 heterocycles. The summed E-state index contributed by atoms with van der Waals surface area (Å²) in [7, 11) is 0. The van der Waals surface area contributed by atoms with Gasteiger partial charge in [0.1, 0.15) is 17.5 Å². The molecule has 0 aliphatic carbocycles. The van der Waals surface area contributed by atoms with E-state index in [0.29, 0.717) is 6.04 Å². The van der Waals surface area contributed by atoms with E-state index in [9.17, 15) is 0 Å². The van der Waals surface area contributed by atoms with Crippen molar-refractivity contribution in [3.05, 3.63) is 36.0 Å². The summed E-state index contributed by atoms with van der Waals surface area (Å²) in [5, 5.41) is 8.82. The highest BCUT2D eigenvalue weighted by atomic mass is 15.4. The van der Waals surface area contributed by atoms with Gasteiger partial charge in [-0.05, 0) is 25.0 Å². The second-order valence-electron chi connectivity index (χ2n) is 7.70. The third-order valence-electron chi connectivity index (χ3n) is 6.04. The number of aromatic nitrogens is 4. The number of rotatable bonds is 4. The highest BCUT2D eigenvalue weighted by molar-refractivity contribution is 5.38. The highest BCUT2D eigenvalue weighted by Gasteiger charge is 2.34. The molecule has 0 N–H and O–H groups in total. The first-order chi connectivity index (χ1) is 12.9. The summed E-state index contributed by atoms with van der Waals surface area (Å²) in [6.45, 7) is 8.79. The van der Waals surface area contributed by atoms with Crippen molar-refractivity contribution < 1.29 is 0 Å². The van der Waals surface area contributed by atoms with Gasteiger partial charge in [0.05, 0.1) is 6.54 Å². The van der Waals surface area contributed by atoms with E-state index in [4.69, 9.17) is 0 Å². The zero-order valence-corrected chi connectivity index (χ0v) is 15.3. The zero-order chi connectivity index (χ0) is 17.3. The van der Waals surface area contributed by atoms with Crippen LogP contribution in [0.25, 0.3) is 0 Å². The Balaban J connectivity index is 1.11. The SMILES string of the molecule is c1ccc(N2CCN(C3CN(Cc4nnc5n4CCCC5)C3)CC2)nc1. The van der Waals surface area contributed by atoms with Gasteiger partial charge in [0.2, 0.25) is 0 Å². The van der Waals surface area contributed by atoms with Crippen molar-refractivity contribution in [2.24, 2.45) is 0 Å². The number of hydrogen-bond donors (Lipinski definition) is 0. The Hall–Kier alpha value is -1.99.